The Morgan fingerprint density at radius 1 is 1.42 bits per heavy atom. The van der Waals surface area contributed by atoms with Crippen LogP contribution in [0.5, 0.6) is 5.75 Å². The summed E-state index contributed by atoms with van der Waals surface area (Å²) in [5, 5.41) is -0.502. The molecule has 0 heterocycles. The number of alkyl halides is 1. The number of carbonyl (C=O) groups is 1. The number of benzene rings is 1. The Morgan fingerprint density at radius 2 is 2.11 bits per heavy atom. The van der Waals surface area contributed by atoms with Crippen molar-refractivity contribution in [1.82, 2.24) is 4.90 Å². The molecule has 1 atom stereocenters. The number of unbranched alkanes of at least 4 members (excludes halogenated alkanes) is 1. The summed E-state index contributed by atoms with van der Waals surface area (Å²) < 4.78 is 5.75. The van der Waals surface area contributed by atoms with E-state index < -0.39 is 5.38 Å². The standard InChI is InChI=1S/C15H22ClNO2/c1-4-5-10-19-14-9-7-6-8-13(14)11-17(3)15(18)12(2)16/h6-9,12H,4-5,10-11H2,1-3H3. The van der Waals surface area contributed by atoms with E-state index in [1.807, 2.05) is 24.3 Å². The highest BCUT2D eigenvalue weighted by Gasteiger charge is 2.16. The number of carbonyl (C=O) groups excluding carboxylic acids is 1. The lowest BCUT2D eigenvalue weighted by atomic mass is 10.2. The van der Waals surface area contributed by atoms with E-state index in [-0.39, 0.29) is 5.91 Å². The van der Waals surface area contributed by atoms with Gasteiger partial charge in [0.2, 0.25) is 5.91 Å². The first-order valence-electron chi connectivity index (χ1n) is 6.66. The van der Waals surface area contributed by atoms with Crippen LogP contribution in [0.1, 0.15) is 32.3 Å². The molecule has 19 heavy (non-hydrogen) atoms. The minimum Gasteiger partial charge on any atom is -0.493 e. The molecule has 0 saturated carbocycles. The van der Waals surface area contributed by atoms with Gasteiger partial charge in [0.05, 0.1) is 6.61 Å². The van der Waals surface area contributed by atoms with Crippen molar-refractivity contribution in [3.63, 3.8) is 0 Å². The molecular weight excluding hydrogens is 262 g/mol. The summed E-state index contributed by atoms with van der Waals surface area (Å²) >= 11 is 5.81. The third kappa shape index (κ3) is 5.11. The third-order valence-electron chi connectivity index (χ3n) is 2.85. The van der Waals surface area contributed by atoms with E-state index >= 15 is 0 Å². The van der Waals surface area contributed by atoms with Crippen LogP contribution in [0.2, 0.25) is 0 Å². The highest BCUT2D eigenvalue weighted by molar-refractivity contribution is 6.30. The van der Waals surface area contributed by atoms with Gasteiger partial charge >= 0.3 is 0 Å². The molecule has 0 aromatic heterocycles. The molecule has 0 spiro atoms. The predicted molar refractivity (Wildman–Crippen MR) is 78.6 cm³/mol. The Morgan fingerprint density at radius 3 is 2.74 bits per heavy atom. The number of halogens is 1. The molecule has 1 aromatic rings. The molecule has 0 radical (unpaired) electrons. The molecule has 1 rings (SSSR count). The average Bonchev–Trinajstić information content (AvgIpc) is 2.39. The van der Waals surface area contributed by atoms with Gasteiger partial charge in [-0.25, -0.2) is 0 Å². The lowest BCUT2D eigenvalue weighted by molar-refractivity contribution is -0.129. The van der Waals surface area contributed by atoms with E-state index in [0.29, 0.717) is 13.2 Å². The minimum atomic E-state index is -0.502. The van der Waals surface area contributed by atoms with Gasteiger partial charge in [0.25, 0.3) is 0 Å². The largest absolute Gasteiger partial charge is 0.493 e. The Bertz CT molecular complexity index is 407. The van der Waals surface area contributed by atoms with Crippen LogP contribution in [0.4, 0.5) is 0 Å². The van der Waals surface area contributed by atoms with Crippen LogP contribution in [-0.2, 0) is 11.3 Å². The van der Waals surface area contributed by atoms with Gasteiger partial charge < -0.3 is 9.64 Å². The van der Waals surface area contributed by atoms with Crippen LogP contribution in [-0.4, -0.2) is 29.8 Å². The first kappa shape index (κ1) is 15.8. The molecular formula is C15H22ClNO2. The van der Waals surface area contributed by atoms with Gasteiger partial charge in [-0.3, -0.25) is 4.79 Å². The van der Waals surface area contributed by atoms with Crippen molar-refractivity contribution in [2.75, 3.05) is 13.7 Å². The molecule has 0 aliphatic carbocycles. The Kier molecular flexibility index (Phi) is 6.71. The number of nitrogens with zero attached hydrogens (tertiary/aromatic N) is 1. The first-order valence-corrected chi connectivity index (χ1v) is 7.09. The molecule has 0 saturated heterocycles. The van der Waals surface area contributed by atoms with Crippen molar-refractivity contribution >= 4 is 17.5 Å². The molecule has 0 fully saturated rings. The quantitative estimate of drug-likeness (QED) is 0.567. The predicted octanol–water partition coefficient (Wildman–Crippen LogP) is 3.45. The smallest absolute Gasteiger partial charge is 0.240 e. The van der Waals surface area contributed by atoms with Gasteiger partial charge in [0, 0.05) is 19.2 Å². The van der Waals surface area contributed by atoms with Crippen LogP contribution in [0.25, 0.3) is 0 Å². The second-order valence-electron chi connectivity index (χ2n) is 4.62. The topological polar surface area (TPSA) is 29.5 Å². The average molecular weight is 284 g/mol. The zero-order chi connectivity index (χ0) is 14.3. The van der Waals surface area contributed by atoms with Gasteiger partial charge in [-0.2, -0.15) is 0 Å². The SMILES string of the molecule is CCCCOc1ccccc1CN(C)C(=O)C(C)Cl. The fraction of sp³-hybridized carbons (Fsp3) is 0.533. The van der Waals surface area contributed by atoms with Crippen molar-refractivity contribution in [2.45, 2.75) is 38.6 Å². The summed E-state index contributed by atoms with van der Waals surface area (Å²) in [5.74, 6) is 0.767. The zero-order valence-corrected chi connectivity index (χ0v) is 12.6. The summed E-state index contributed by atoms with van der Waals surface area (Å²) in [6.07, 6.45) is 2.13. The van der Waals surface area contributed by atoms with E-state index in [0.717, 1.165) is 24.2 Å². The van der Waals surface area contributed by atoms with Crippen molar-refractivity contribution < 1.29 is 9.53 Å². The maximum Gasteiger partial charge on any atom is 0.240 e. The summed E-state index contributed by atoms with van der Waals surface area (Å²) in [7, 11) is 1.75. The third-order valence-corrected chi connectivity index (χ3v) is 3.04. The Labute approximate surface area is 120 Å². The second kappa shape index (κ2) is 8.05. The van der Waals surface area contributed by atoms with Gasteiger partial charge in [0.15, 0.2) is 0 Å². The summed E-state index contributed by atoms with van der Waals surface area (Å²) in [4.78, 5) is 13.4. The minimum absolute atomic E-state index is 0.0787. The van der Waals surface area contributed by atoms with Crippen LogP contribution >= 0.6 is 11.6 Å². The van der Waals surface area contributed by atoms with Crippen molar-refractivity contribution in [3.05, 3.63) is 29.8 Å². The molecule has 0 N–H and O–H groups in total. The maximum absolute atomic E-state index is 11.8. The molecule has 1 unspecified atom stereocenters. The van der Waals surface area contributed by atoms with Gasteiger partial charge in [0.1, 0.15) is 11.1 Å². The van der Waals surface area contributed by atoms with E-state index in [1.54, 1.807) is 18.9 Å². The van der Waals surface area contributed by atoms with E-state index in [1.165, 1.54) is 0 Å². The lowest BCUT2D eigenvalue weighted by Gasteiger charge is -2.20. The number of amides is 1. The van der Waals surface area contributed by atoms with Crippen molar-refractivity contribution in [1.29, 1.82) is 0 Å². The molecule has 0 bridgehead atoms. The van der Waals surface area contributed by atoms with E-state index in [9.17, 15) is 4.79 Å². The van der Waals surface area contributed by atoms with Crippen LogP contribution in [0.3, 0.4) is 0 Å². The van der Waals surface area contributed by atoms with Gasteiger partial charge in [-0.05, 0) is 19.4 Å². The van der Waals surface area contributed by atoms with Crippen molar-refractivity contribution in [2.24, 2.45) is 0 Å². The summed E-state index contributed by atoms with van der Waals surface area (Å²) in [5.41, 5.74) is 1.01. The van der Waals surface area contributed by atoms with Gasteiger partial charge in [-0.15, -0.1) is 11.6 Å². The number of para-hydroxylation sites is 1. The lowest BCUT2D eigenvalue weighted by Crippen LogP contribution is -2.31. The molecule has 1 aromatic carbocycles. The molecule has 1 amide bonds. The Hall–Kier alpha value is -1.22. The van der Waals surface area contributed by atoms with Crippen LogP contribution in [0.15, 0.2) is 24.3 Å². The maximum atomic E-state index is 11.8. The van der Waals surface area contributed by atoms with E-state index in [4.69, 9.17) is 16.3 Å². The summed E-state index contributed by atoms with van der Waals surface area (Å²) in [6.45, 7) is 5.03. The highest BCUT2D eigenvalue weighted by Crippen LogP contribution is 2.20. The molecule has 0 aliphatic rings. The monoisotopic (exact) mass is 283 g/mol. The second-order valence-corrected chi connectivity index (χ2v) is 5.27. The highest BCUT2D eigenvalue weighted by atomic mass is 35.5. The van der Waals surface area contributed by atoms with E-state index in [2.05, 4.69) is 6.92 Å². The molecule has 3 nitrogen and oxygen atoms in total. The molecule has 0 aliphatic heterocycles. The summed E-state index contributed by atoms with van der Waals surface area (Å²) in [6, 6.07) is 7.80. The number of hydrogen-bond acceptors (Lipinski definition) is 2. The van der Waals surface area contributed by atoms with Gasteiger partial charge in [-0.1, -0.05) is 31.5 Å². The number of rotatable bonds is 7. The fourth-order valence-corrected chi connectivity index (χ4v) is 1.91. The normalized spacial score (nSPS) is 12.0. The number of ether oxygens (including phenoxy) is 1. The van der Waals surface area contributed by atoms with Crippen molar-refractivity contribution in [3.8, 4) is 5.75 Å². The molecule has 4 heteroatoms. The Balaban J connectivity index is 2.69. The fourth-order valence-electron chi connectivity index (χ4n) is 1.74. The van der Waals surface area contributed by atoms with Crippen LogP contribution < -0.4 is 4.74 Å². The van der Waals surface area contributed by atoms with Crippen LogP contribution in [0, 0.1) is 0 Å². The number of hydrogen-bond donors (Lipinski definition) is 0. The zero-order valence-electron chi connectivity index (χ0n) is 11.9. The molecule has 106 valence electrons. The first-order chi connectivity index (χ1) is 9.06.